The number of rotatable bonds is 0. The van der Waals surface area contributed by atoms with Crippen LogP contribution in [0.5, 0.6) is 0 Å². The van der Waals surface area contributed by atoms with Crippen LogP contribution in [0.4, 0.5) is 5.82 Å². The maximum atomic E-state index is 5.84. The van der Waals surface area contributed by atoms with Crippen LogP contribution in [0.3, 0.4) is 0 Å². The molecule has 0 fully saturated rings. The van der Waals surface area contributed by atoms with Gasteiger partial charge in [0.15, 0.2) is 11.4 Å². The fourth-order valence-corrected chi connectivity index (χ4v) is 2.04. The number of aromatic nitrogens is 2. The Kier molecular flexibility index (Phi) is 1.62. The van der Waals surface area contributed by atoms with E-state index in [0.717, 1.165) is 21.0 Å². The zero-order valence-corrected chi connectivity index (χ0v) is 9.58. The van der Waals surface area contributed by atoms with E-state index in [2.05, 4.69) is 21.0 Å². The molecule has 0 aliphatic heterocycles. The Balaban J connectivity index is 2.56. The minimum absolute atomic E-state index is 0.553. The van der Waals surface area contributed by atoms with Gasteiger partial charge in [-0.05, 0) is 18.2 Å². The van der Waals surface area contributed by atoms with Crippen LogP contribution in [-0.2, 0) is 7.05 Å². The second kappa shape index (κ2) is 2.76. The van der Waals surface area contributed by atoms with Crippen LogP contribution in [0.25, 0.3) is 22.1 Å². The molecule has 2 aromatic heterocycles. The molecule has 4 nitrogen and oxygen atoms in total. The molecule has 0 bridgehead atoms. The summed E-state index contributed by atoms with van der Waals surface area (Å²) < 4.78 is 8.25. The number of nitrogens with two attached hydrogens (primary N) is 1. The van der Waals surface area contributed by atoms with Gasteiger partial charge in [0.1, 0.15) is 11.1 Å². The van der Waals surface area contributed by atoms with Crippen molar-refractivity contribution in [1.82, 2.24) is 9.78 Å². The van der Waals surface area contributed by atoms with Gasteiger partial charge in [-0.15, -0.1) is 0 Å². The molecule has 0 unspecified atom stereocenters. The fourth-order valence-electron chi connectivity index (χ4n) is 1.68. The smallest absolute Gasteiger partial charge is 0.197 e. The first-order valence-electron chi connectivity index (χ1n) is 4.47. The highest BCUT2D eigenvalue weighted by molar-refractivity contribution is 9.10. The highest BCUT2D eigenvalue weighted by Crippen LogP contribution is 2.32. The van der Waals surface area contributed by atoms with Gasteiger partial charge in [0, 0.05) is 16.9 Å². The topological polar surface area (TPSA) is 57.0 Å². The van der Waals surface area contributed by atoms with Crippen LogP contribution in [0.2, 0.25) is 0 Å². The molecule has 2 N–H and O–H groups in total. The van der Waals surface area contributed by atoms with Crippen molar-refractivity contribution in [2.45, 2.75) is 0 Å². The van der Waals surface area contributed by atoms with E-state index in [4.69, 9.17) is 10.2 Å². The lowest BCUT2D eigenvalue weighted by atomic mass is 10.2. The summed E-state index contributed by atoms with van der Waals surface area (Å²) in [7, 11) is 1.80. The van der Waals surface area contributed by atoms with E-state index in [1.807, 2.05) is 18.2 Å². The molecule has 0 saturated carbocycles. The van der Waals surface area contributed by atoms with Crippen molar-refractivity contribution in [1.29, 1.82) is 0 Å². The molecular formula is C10H8BrN3O. The van der Waals surface area contributed by atoms with Gasteiger partial charge in [-0.2, -0.15) is 5.10 Å². The van der Waals surface area contributed by atoms with Crippen molar-refractivity contribution in [3.63, 3.8) is 0 Å². The number of fused-ring (bicyclic) bond motifs is 3. The molecule has 0 atom stereocenters. The average molecular weight is 266 g/mol. The van der Waals surface area contributed by atoms with Gasteiger partial charge >= 0.3 is 0 Å². The maximum absolute atomic E-state index is 5.84. The van der Waals surface area contributed by atoms with Crippen LogP contribution in [0.1, 0.15) is 0 Å². The third-order valence-electron chi connectivity index (χ3n) is 2.46. The van der Waals surface area contributed by atoms with Crippen LogP contribution >= 0.6 is 15.9 Å². The first-order valence-corrected chi connectivity index (χ1v) is 5.26. The normalized spacial score (nSPS) is 11.6. The summed E-state index contributed by atoms with van der Waals surface area (Å²) in [5, 5.41) is 5.30. The van der Waals surface area contributed by atoms with Crippen molar-refractivity contribution in [3.8, 4) is 0 Å². The molecule has 3 aromatic rings. The number of anilines is 1. The number of halogens is 1. The lowest BCUT2D eigenvalue weighted by molar-refractivity contribution is 0.667. The minimum Gasteiger partial charge on any atom is -0.450 e. The Labute approximate surface area is 93.8 Å². The van der Waals surface area contributed by atoms with Crippen molar-refractivity contribution in [3.05, 3.63) is 22.7 Å². The zero-order chi connectivity index (χ0) is 10.6. The summed E-state index contributed by atoms with van der Waals surface area (Å²) in [6.07, 6.45) is 0. The zero-order valence-electron chi connectivity index (χ0n) is 7.99. The molecular weight excluding hydrogens is 258 g/mol. The Morgan fingerprint density at radius 2 is 2.27 bits per heavy atom. The Morgan fingerprint density at radius 3 is 3.07 bits per heavy atom. The van der Waals surface area contributed by atoms with Gasteiger partial charge in [0.05, 0.1) is 0 Å². The summed E-state index contributed by atoms with van der Waals surface area (Å²) in [6.45, 7) is 0. The summed E-state index contributed by atoms with van der Waals surface area (Å²) >= 11 is 3.42. The maximum Gasteiger partial charge on any atom is 0.197 e. The van der Waals surface area contributed by atoms with Crippen LogP contribution in [-0.4, -0.2) is 9.78 Å². The molecule has 0 aliphatic carbocycles. The molecule has 2 heterocycles. The third kappa shape index (κ3) is 1.10. The van der Waals surface area contributed by atoms with Gasteiger partial charge in [-0.25, -0.2) is 4.68 Å². The summed E-state index contributed by atoms with van der Waals surface area (Å²) in [6, 6.07) is 5.81. The number of nitrogen functional groups attached to an aromatic ring is 1. The van der Waals surface area contributed by atoms with Gasteiger partial charge < -0.3 is 10.2 Å². The van der Waals surface area contributed by atoms with Crippen molar-refractivity contribution in [2.75, 3.05) is 5.73 Å². The number of furan rings is 1. The molecule has 0 radical (unpaired) electrons. The molecule has 76 valence electrons. The number of hydrogen-bond acceptors (Lipinski definition) is 3. The number of nitrogens with zero attached hydrogens (tertiary/aromatic N) is 2. The average Bonchev–Trinajstić information content (AvgIpc) is 2.67. The van der Waals surface area contributed by atoms with Crippen LogP contribution in [0, 0.1) is 0 Å². The largest absolute Gasteiger partial charge is 0.450 e. The molecule has 1 aromatic carbocycles. The van der Waals surface area contributed by atoms with Gasteiger partial charge in [-0.1, -0.05) is 15.9 Å². The second-order valence-electron chi connectivity index (χ2n) is 3.43. The predicted molar refractivity (Wildman–Crippen MR) is 62.6 cm³/mol. The Hall–Kier alpha value is -1.49. The van der Waals surface area contributed by atoms with E-state index < -0.39 is 0 Å². The van der Waals surface area contributed by atoms with Crippen molar-refractivity contribution >= 4 is 43.8 Å². The lowest BCUT2D eigenvalue weighted by Gasteiger charge is -1.92. The van der Waals surface area contributed by atoms with Crippen molar-refractivity contribution < 1.29 is 4.42 Å². The number of aryl methyl sites for hydroxylation is 1. The molecule has 15 heavy (non-hydrogen) atoms. The Morgan fingerprint density at radius 1 is 1.47 bits per heavy atom. The van der Waals surface area contributed by atoms with E-state index in [-0.39, 0.29) is 0 Å². The van der Waals surface area contributed by atoms with E-state index in [0.29, 0.717) is 11.4 Å². The molecule has 0 saturated heterocycles. The summed E-state index contributed by atoms with van der Waals surface area (Å²) in [5.74, 6) is 0.553. The molecule has 5 heteroatoms. The van der Waals surface area contributed by atoms with E-state index in [1.54, 1.807) is 11.7 Å². The first-order chi connectivity index (χ1) is 7.16. The standard InChI is InChI=1S/C10H8BrN3O/c1-14-10(12)9-8(13-14)6-4-5(11)2-3-7(6)15-9/h2-4H,12H2,1H3. The first kappa shape index (κ1) is 8.79. The highest BCUT2D eigenvalue weighted by atomic mass is 79.9. The monoisotopic (exact) mass is 265 g/mol. The summed E-state index contributed by atoms with van der Waals surface area (Å²) in [5.41, 5.74) is 8.11. The quantitative estimate of drug-likeness (QED) is 0.680. The third-order valence-corrected chi connectivity index (χ3v) is 2.95. The van der Waals surface area contributed by atoms with Crippen LogP contribution in [0.15, 0.2) is 27.1 Å². The highest BCUT2D eigenvalue weighted by Gasteiger charge is 2.14. The number of hydrogen-bond donors (Lipinski definition) is 1. The molecule has 0 aliphatic rings. The van der Waals surface area contributed by atoms with Gasteiger partial charge in [0.2, 0.25) is 0 Å². The molecule has 0 spiro atoms. The Bertz CT molecular complexity index is 668. The minimum atomic E-state index is 0.553. The van der Waals surface area contributed by atoms with Crippen LogP contribution < -0.4 is 5.73 Å². The lowest BCUT2D eigenvalue weighted by Crippen LogP contribution is -1.96. The van der Waals surface area contributed by atoms with Crippen molar-refractivity contribution in [2.24, 2.45) is 7.05 Å². The SMILES string of the molecule is Cn1nc2c(oc3ccc(Br)cc32)c1N. The fraction of sp³-hybridized carbons (Fsp3) is 0.100. The summed E-state index contributed by atoms with van der Waals surface area (Å²) in [4.78, 5) is 0. The number of benzene rings is 1. The predicted octanol–water partition coefficient (Wildman–Crippen LogP) is 2.66. The van der Waals surface area contributed by atoms with E-state index in [9.17, 15) is 0 Å². The van der Waals surface area contributed by atoms with E-state index >= 15 is 0 Å². The second-order valence-corrected chi connectivity index (χ2v) is 4.34. The van der Waals surface area contributed by atoms with Gasteiger partial charge in [0.25, 0.3) is 0 Å². The van der Waals surface area contributed by atoms with E-state index in [1.165, 1.54) is 0 Å². The molecule has 3 rings (SSSR count). The molecule has 0 amide bonds. The van der Waals surface area contributed by atoms with Gasteiger partial charge in [-0.3, -0.25) is 0 Å².